The van der Waals surface area contributed by atoms with Crippen LogP contribution in [0.3, 0.4) is 0 Å². The average molecular weight is 415 g/mol. The van der Waals surface area contributed by atoms with Crippen LogP contribution in [0.5, 0.6) is 5.88 Å². The van der Waals surface area contributed by atoms with E-state index in [1.807, 2.05) is 0 Å². The SMILES string of the molecule is O=C(Nc1cc(C(F)(F)F)no1)N(Oc1ncnc2ccccc12)c1ccccc1. The quantitative estimate of drug-likeness (QED) is 0.487. The number of nitrogens with one attached hydrogen (secondary N) is 1. The second kappa shape index (κ2) is 7.70. The van der Waals surface area contributed by atoms with Crippen LogP contribution < -0.4 is 15.2 Å². The van der Waals surface area contributed by atoms with Gasteiger partial charge in [0.1, 0.15) is 6.33 Å². The van der Waals surface area contributed by atoms with Gasteiger partial charge in [-0.3, -0.25) is 5.32 Å². The number of alkyl halides is 3. The predicted octanol–water partition coefficient (Wildman–Crippen LogP) is 4.67. The lowest BCUT2D eigenvalue weighted by molar-refractivity contribution is -0.142. The Hall–Kier alpha value is -4.15. The number of rotatable bonds is 4. The van der Waals surface area contributed by atoms with E-state index in [9.17, 15) is 18.0 Å². The number of aromatic nitrogens is 3. The molecule has 11 heteroatoms. The molecule has 0 saturated heterocycles. The van der Waals surface area contributed by atoms with Gasteiger partial charge in [0.15, 0.2) is 5.69 Å². The maximum absolute atomic E-state index is 12.8. The highest BCUT2D eigenvalue weighted by molar-refractivity contribution is 6.00. The van der Waals surface area contributed by atoms with Crippen LogP contribution in [0, 0.1) is 0 Å². The van der Waals surface area contributed by atoms with Gasteiger partial charge in [-0.2, -0.15) is 18.2 Å². The van der Waals surface area contributed by atoms with Gasteiger partial charge in [0.05, 0.1) is 16.6 Å². The van der Waals surface area contributed by atoms with Crippen molar-refractivity contribution in [2.45, 2.75) is 6.18 Å². The van der Waals surface area contributed by atoms with Crippen LogP contribution in [0.2, 0.25) is 0 Å². The maximum Gasteiger partial charge on any atom is 0.436 e. The van der Waals surface area contributed by atoms with Crippen molar-refractivity contribution in [2.24, 2.45) is 0 Å². The molecule has 8 nitrogen and oxygen atoms in total. The second-order valence-electron chi connectivity index (χ2n) is 5.92. The number of anilines is 2. The Morgan fingerprint density at radius 2 is 1.77 bits per heavy atom. The van der Waals surface area contributed by atoms with Crippen molar-refractivity contribution in [1.82, 2.24) is 15.1 Å². The fourth-order valence-corrected chi connectivity index (χ4v) is 2.54. The molecule has 0 aliphatic carbocycles. The summed E-state index contributed by atoms with van der Waals surface area (Å²) in [7, 11) is 0. The number of halogens is 3. The highest BCUT2D eigenvalue weighted by atomic mass is 19.4. The maximum atomic E-state index is 12.8. The number of nitrogens with zero attached hydrogens (tertiary/aromatic N) is 4. The van der Waals surface area contributed by atoms with E-state index in [0.29, 0.717) is 22.7 Å². The van der Waals surface area contributed by atoms with Crippen molar-refractivity contribution in [1.29, 1.82) is 0 Å². The van der Waals surface area contributed by atoms with Crippen LogP contribution in [0.1, 0.15) is 5.69 Å². The zero-order chi connectivity index (χ0) is 21.1. The average Bonchev–Trinajstić information content (AvgIpc) is 3.21. The molecule has 0 saturated carbocycles. The molecular weight excluding hydrogens is 403 g/mol. The summed E-state index contributed by atoms with van der Waals surface area (Å²) in [6, 6.07) is 14.8. The van der Waals surface area contributed by atoms with E-state index >= 15 is 0 Å². The molecule has 0 atom stereocenters. The Morgan fingerprint density at radius 1 is 1.03 bits per heavy atom. The third-order valence-corrected chi connectivity index (χ3v) is 3.89. The van der Waals surface area contributed by atoms with E-state index in [0.717, 1.165) is 5.06 Å². The molecule has 0 bridgehead atoms. The number of carbonyl (C=O) groups excluding carboxylic acids is 1. The molecule has 30 heavy (non-hydrogen) atoms. The Balaban J connectivity index is 1.65. The molecule has 0 spiro atoms. The summed E-state index contributed by atoms with van der Waals surface area (Å²) in [5.41, 5.74) is -0.388. The zero-order valence-electron chi connectivity index (χ0n) is 15.0. The molecular formula is C19H12F3N5O3. The Labute approximate surface area is 166 Å². The van der Waals surface area contributed by atoms with Crippen molar-refractivity contribution in [3.63, 3.8) is 0 Å². The van der Waals surface area contributed by atoms with Crippen molar-refractivity contribution in [2.75, 3.05) is 10.4 Å². The van der Waals surface area contributed by atoms with Crippen LogP contribution in [0.25, 0.3) is 10.9 Å². The third kappa shape index (κ3) is 3.99. The Kier molecular flexibility index (Phi) is 4.92. The number of hydrogen-bond acceptors (Lipinski definition) is 6. The van der Waals surface area contributed by atoms with E-state index in [4.69, 9.17) is 4.84 Å². The minimum absolute atomic E-state index is 0.0770. The van der Waals surface area contributed by atoms with E-state index in [-0.39, 0.29) is 5.88 Å². The van der Waals surface area contributed by atoms with Gasteiger partial charge in [0.25, 0.3) is 5.88 Å². The first kappa shape index (κ1) is 19.2. The van der Waals surface area contributed by atoms with Crippen LogP contribution in [0.4, 0.5) is 29.5 Å². The van der Waals surface area contributed by atoms with Crippen molar-refractivity contribution in [3.8, 4) is 5.88 Å². The standard InChI is InChI=1S/C19H12F3N5O3/c20-19(21,22)15-10-16(29-26-15)25-18(28)27(12-6-2-1-3-7-12)30-17-13-8-4-5-9-14(13)23-11-24-17/h1-11H,(H,25,28). The fraction of sp³-hybridized carbons (Fsp3) is 0.0526. The summed E-state index contributed by atoms with van der Waals surface area (Å²) in [5.74, 6) is -0.419. The highest BCUT2D eigenvalue weighted by Gasteiger charge is 2.35. The number of amides is 2. The van der Waals surface area contributed by atoms with Gasteiger partial charge in [-0.25, -0.2) is 9.78 Å². The van der Waals surface area contributed by atoms with Gasteiger partial charge < -0.3 is 9.36 Å². The number of fused-ring (bicyclic) bond motifs is 1. The van der Waals surface area contributed by atoms with Crippen LogP contribution in [0.15, 0.2) is 71.5 Å². The molecule has 2 aromatic heterocycles. The highest BCUT2D eigenvalue weighted by Crippen LogP contribution is 2.30. The minimum Gasteiger partial charge on any atom is -0.349 e. The number of hydrogen-bond donors (Lipinski definition) is 1. The summed E-state index contributed by atoms with van der Waals surface area (Å²) in [6.45, 7) is 0. The molecule has 1 N–H and O–H groups in total. The summed E-state index contributed by atoms with van der Waals surface area (Å²) in [6.07, 6.45) is -3.44. The molecule has 4 rings (SSSR count). The summed E-state index contributed by atoms with van der Waals surface area (Å²) >= 11 is 0. The first-order valence-corrected chi connectivity index (χ1v) is 8.49. The smallest absolute Gasteiger partial charge is 0.349 e. The first-order valence-electron chi connectivity index (χ1n) is 8.49. The summed E-state index contributed by atoms with van der Waals surface area (Å²) in [5, 5.41) is 6.47. The number of para-hydroxylation sites is 2. The van der Waals surface area contributed by atoms with Crippen molar-refractivity contribution >= 4 is 28.5 Å². The topological polar surface area (TPSA) is 93.4 Å². The Bertz CT molecular complexity index is 1180. The van der Waals surface area contributed by atoms with Gasteiger partial charge in [-0.05, 0) is 24.3 Å². The minimum atomic E-state index is -4.71. The fourth-order valence-electron chi connectivity index (χ4n) is 2.54. The normalized spacial score (nSPS) is 11.3. The summed E-state index contributed by atoms with van der Waals surface area (Å²) < 4.78 is 42.7. The molecule has 0 unspecified atom stereocenters. The number of urea groups is 1. The van der Waals surface area contributed by atoms with Gasteiger partial charge in [0.2, 0.25) is 5.88 Å². The van der Waals surface area contributed by atoms with Crippen molar-refractivity contribution < 1.29 is 27.3 Å². The van der Waals surface area contributed by atoms with E-state index in [1.54, 1.807) is 54.6 Å². The van der Waals surface area contributed by atoms with Crippen LogP contribution in [-0.2, 0) is 6.18 Å². The molecule has 0 aliphatic heterocycles. The predicted molar refractivity (Wildman–Crippen MR) is 99.6 cm³/mol. The van der Waals surface area contributed by atoms with Gasteiger partial charge in [-0.15, -0.1) is 5.06 Å². The third-order valence-electron chi connectivity index (χ3n) is 3.89. The lowest BCUT2D eigenvalue weighted by Crippen LogP contribution is -2.38. The van der Waals surface area contributed by atoms with Gasteiger partial charge in [-0.1, -0.05) is 35.5 Å². The zero-order valence-corrected chi connectivity index (χ0v) is 15.0. The molecule has 4 aromatic rings. The molecule has 0 radical (unpaired) electrons. The van der Waals surface area contributed by atoms with E-state index in [2.05, 4.69) is 25.0 Å². The lowest BCUT2D eigenvalue weighted by atomic mass is 10.2. The number of carbonyl (C=O) groups is 1. The monoisotopic (exact) mass is 415 g/mol. The van der Waals surface area contributed by atoms with E-state index in [1.165, 1.54) is 6.33 Å². The van der Waals surface area contributed by atoms with Gasteiger partial charge >= 0.3 is 12.2 Å². The molecule has 0 fully saturated rings. The molecule has 0 aliphatic rings. The second-order valence-corrected chi connectivity index (χ2v) is 5.92. The molecule has 2 amide bonds. The van der Waals surface area contributed by atoms with E-state index < -0.39 is 23.8 Å². The molecule has 2 heterocycles. The molecule has 152 valence electrons. The lowest BCUT2D eigenvalue weighted by Gasteiger charge is -2.21. The number of benzene rings is 2. The number of hydroxylamine groups is 1. The van der Waals surface area contributed by atoms with Crippen LogP contribution in [-0.4, -0.2) is 21.2 Å². The Morgan fingerprint density at radius 3 is 2.50 bits per heavy atom. The van der Waals surface area contributed by atoms with Gasteiger partial charge in [0, 0.05) is 6.07 Å². The molecule has 2 aromatic carbocycles. The summed E-state index contributed by atoms with van der Waals surface area (Å²) in [4.78, 5) is 26.7. The van der Waals surface area contributed by atoms with Crippen LogP contribution >= 0.6 is 0 Å². The first-order chi connectivity index (χ1) is 14.4. The van der Waals surface area contributed by atoms with Crippen molar-refractivity contribution in [3.05, 3.63) is 72.7 Å². The largest absolute Gasteiger partial charge is 0.436 e.